The van der Waals surface area contributed by atoms with Crippen LogP contribution < -0.4 is 10.6 Å². The molecule has 5 nitrogen and oxygen atoms in total. The first-order valence-corrected chi connectivity index (χ1v) is 6.78. The molecule has 0 radical (unpaired) electrons. The maximum atomic E-state index is 12.2. The second kappa shape index (κ2) is 6.75. The molecule has 5 heteroatoms. The molecule has 0 saturated carbocycles. The maximum absolute atomic E-state index is 12.2. The Kier molecular flexibility index (Phi) is 4.76. The van der Waals surface area contributed by atoms with E-state index in [2.05, 4.69) is 15.6 Å². The number of aryl methyl sites for hydroxylation is 1. The zero-order valence-electron chi connectivity index (χ0n) is 11.8. The van der Waals surface area contributed by atoms with Crippen LogP contribution in [0.2, 0.25) is 0 Å². The first-order valence-electron chi connectivity index (χ1n) is 6.78. The summed E-state index contributed by atoms with van der Waals surface area (Å²) >= 11 is 0. The fourth-order valence-corrected chi connectivity index (χ4v) is 1.85. The van der Waals surface area contributed by atoms with E-state index in [9.17, 15) is 4.79 Å². The van der Waals surface area contributed by atoms with Gasteiger partial charge in [-0.2, -0.15) is 0 Å². The lowest BCUT2D eigenvalue weighted by Crippen LogP contribution is -2.23. The minimum atomic E-state index is -0.127. The standard InChI is InChI=1S/C15H19N3O2/c1-3-12-8-11(9-14(18-12)16-4-2)15(19)17-10-13-6-5-7-20-13/h5-9H,3-4,10H2,1-2H3,(H,16,18)(H,17,19). The van der Waals surface area contributed by atoms with E-state index in [-0.39, 0.29) is 5.91 Å². The minimum Gasteiger partial charge on any atom is -0.467 e. The van der Waals surface area contributed by atoms with Crippen molar-refractivity contribution in [1.29, 1.82) is 0 Å². The van der Waals surface area contributed by atoms with Crippen LogP contribution in [0.3, 0.4) is 0 Å². The third kappa shape index (κ3) is 3.60. The number of amides is 1. The summed E-state index contributed by atoms with van der Waals surface area (Å²) < 4.78 is 5.19. The van der Waals surface area contributed by atoms with E-state index < -0.39 is 0 Å². The van der Waals surface area contributed by atoms with E-state index in [1.54, 1.807) is 18.4 Å². The van der Waals surface area contributed by atoms with E-state index in [0.717, 1.165) is 30.2 Å². The number of nitrogens with zero attached hydrogens (tertiary/aromatic N) is 1. The Morgan fingerprint density at radius 1 is 1.35 bits per heavy atom. The molecule has 20 heavy (non-hydrogen) atoms. The normalized spacial score (nSPS) is 10.3. The number of pyridine rings is 1. The van der Waals surface area contributed by atoms with E-state index in [0.29, 0.717) is 12.1 Å². The second-order valence-electron chi connectivity index (χ2n) is 4.38. The lowest BCUT2D eigenvalue weighted by Gasteiger charge is -2.09. The number of nitrogens with one attached hydrogen (secondary N) is 2. The van der Waals surface area contributed by atoms with Gasteiger partial charge in [-0.1, -0.05) is 6.92 Å². The van der Waals surface area contributed by atoms with Crippen molar-refractivity contribution < 1.29 is 9.21 Å². The van der Waals surface area contributed by atoms with E-state index in [1.165, 1.54) is 0 Å². The molecule has 2 aromatic rings. The minimum absolute atomic E-state index is 0.127. The van der Waals surface area contributed by atoms with Crippen LogP contribution in [0.1, 0.15) is 35.7 Å². The number of hydrogen-bond acceptors (Lipinski definition) is 4. The van der Waals surface area contributed by atoms with E-state index in [1.807, 2.05) is 26.0 Å². The number of carbonyl (C=O) groups excluding carboxylic acids is 1. The van der Waals surface area contributed by atoms with Gasteiger partial charge in [0.25, 0.3) is 5.91 Å². The largest absolute Gasteiger partial charge is 0.467 e. The van der Waals surface area contributed by atoms with Gasteiger partial charge in [0.15, 0.2) is 0 Å². The number of anilines is 1. The second-order valence-corrected chi connectivity index (χ2v) is 4.38. The summed E-state index contributed by atoms with van der Waals surface area (Å²) in [6.45, 7) is 5.17. The molecule has 0 unspecified atom stereocenters. The quantitative estimate of drug-likeness (QED) is 0.849. The predicted octanol–water partition coefficient (Wildman–Crippen LogP) is 2.60. The summed E-state index contributed by atoms with van der Waals surface area (Å²) in [5.74, 6) is 1.34. The van der Waals surface area contributed by atoms with Crippen molar-refractivity contribution in [3.63, 3.8) is 0 Å². The number of aromatic nitrogens is 1. The Morgan fingerprint density at radius 2 is 2.20 bits per heavy atom. The fraction of sp³-hybridized carbons (Fsp3) is 0.333. The molecule has 0 bridgehead atoms. The number of furan rings is 1. The summed E-state index contributed by atoms with van der Waals surface area (Å²) in [7, 11) is 0. The zero-order chi connectivity index (χ0) is 14.4. The van der Waals surface area contributed by atoms with Crippen LogP contribution in [0, 0.1) is 0 Å². The monoisotopic (exact) mass is 273 g/mol. The lowest BCUT2D eigenvalue weighted by atomic mass is 10.2. The van der Waals surface area contributed by atoms with Crippen LogP contribution in [0.25, 0.3) is 0 Å². The van der Waals surface area contributed by atoms with Gasteiger partial charge in [-0.3, -0.25) is 4.79 Å². The van der Waals surface area contributed by atoms with Crippen molar-refractivity contribution in [2.75, 3.05) is 11.9 Å². The average Bonchev–Trinajstić information content (AvgIpc) is 2.98. The van der Waals surface area contributed by atoms with Crippen LogP contribution in [-0.2, 0) is 13.0 Å². The average molecular weight is 273 g/mol. The Labute approximate surface area is 118 Å². The van der Waals surface area contributed by atoms with E-state index >= 15 is 0 Å². The van der Waals surface area contributed by atoms with Gasteiger partial charge in [0.2, 0.25) is 0 Å². The van der Waals surface area contributed by atoms with Gasteiger partial charge in [-0.25, -0.2) is 4.98 Å². The van der Waals surface area contributed by atoms with Crippen LogP contribution in [0.15, 0.2) is 34.9 Å². The van der Waals surface area contributed by atoms with Crippen molar-refractivity contribution in [2.24, 2.45) is 0 Å². The number of rotatable bonds is 6. The first kappa shape index (κ1) is 14.1. The first-order chi connectivity index (χ1) is 9.72. The maximum Gasteiger partial charge on any atom is 0.251 e. The Bertz CT molecular complexity index is 565. The van der Waals surface area contributed by atoms with Crippen LogP contribution >= 0.6 is 0 Å². The van der Waals surface area contributed by atoms with Gasteiger partial charge in [0.1, 0.15) is 11.6 Å². The third-order valence-corrected chi connectivity index (χ3v) is 2.86. The highest BCUT2D eigenvalue weighted by atomic mass is 16.3. The molecule has 0 aliphatic carbocycles. The summed E-state index contributed by atoms with van der Waals surface area (Å²) in [6.07, 6.45) is 2.38. The smallest absolute Gasteiger partial charge is 0.251 e. The van der Waals surface area contributed by atoms with Gasteiger partial charge in [0, 0.05) is 17.8 Å². The van der Waals surface area contributed by atoms with Crippen LogP contribution in [0.5, 0.6) is 0 Å². The summed E-state index contributed by atoms with van der Waals surface area (Å²) in [6, 6.07) is 7.21. The molecule has 0 aliphatic rings. The van der Waals surface area contributed by atoms with E-state index in [4.69, 9.17) is 4.42 Å². The number of hydrogen-bond donors (Lipinski definition) is 2. The van der Waals surface area contributed by atoms with Gasteiger partial charge in [0.05, 0.1) is 12.8 Å². The molecule has 0 aliphatic heterocycles. The topological polar surface area (TPSA) is 67.2 Å². The molecule has 106 valence electrons. The summed E-state index contributed by atoms with van der Waals surface area (Å²) in [4.78, 5) is 16.6. The van der Waals surface area contributed by atoms with Crippen molar-refractivity contribution in [3.8, 4) is 0 Å². The molecule has 2 rings (SSSR count). The van der Waals surface area contributed by atoms with Crippen molar-refractivity contribution >= 4 is 11.7 Å². The van der Waals surface area contributed by atoms with Gasteiger partial charge < -0.3 is 15.1 Å². The summed E-state index contributed by atoms with van der Waals surface area (Å²) in [5, 5.41) is 5.97. The molecule has 2 heterocycles. The highest BCUT2D eigenvalue weighted by molar-refractivity contribution is 5.94. The molecule has 0 aromatic carbocycles. The zero-order valence-corrected chi connectivity index (χ0v) is 11.8. The van der Waals surface area contributed by atoms with Crippen LogP contribution in [0.4, 0.5) is 5.82 Å². The lowest BCUT2D eigenvalue weighted by molar-refractivity contribution is 0.0948. The summed E-state index contributed by atoms with van der Waals surface area (Å²) in [5.41, 5.74) is 1.51. The Morgan fingerprint density at radius 3 is 2.85 bits per heavy atom. The SMILES string of the molecule is CCNc1cc(C(=O)NCc2ccco2)cc(CC)n1. The van der Waals surface area contributed by atoms with Gasteiger partial charge in [-0.15, -0.1) is 0 Å². The van der Waals surface area contributed by atoms with Gasteiger partial charge in [-0.05, 0) is 37.6 Å². The van der Waals surface area contributed by atoms with Crippen molar-refractivity contribution in [3.05, 3.63) is 47.5 Å². The molecule has 2 aromatic heterocycles. The highest BCUT2D eigenvalue weighted by Crippen LogP contribution is 2.11. The molecule has 0 fully saturated rings. The fourth-order valence-electron chi connectivity index (χ4n) is 1.85. The molecule has 0 saturated heterocycles. The van der Waals surface area contributed by atoms with Crippen molar-refractivity contribution in [2.45, 2.75) is 26.8 Å². The predicted molar refractivity (Wildman–Crippen MR) is 77.7 cm³/mol. The van der Waals surface area contributed by atoms with Crippen LogP contribution in [-0.4, -0.2) is 17.4 Å². The molecule has 1 amide bonds. The molecule has 0 spiro atoms. The van der Waals surface area contributed by atoms with Gasteiger partial charge >= 0.3 is 0 Å². The number of carbonyl (C=O) groups is 1. The Hall–Kier alpha value is -2.30. The molecular weight excluding hydrogens is 254 g/mol. The third-order valence-electron chi connectivity index (χ3n) is 2.86. The molecular formula is C15H19N3O2. The molecule has 2 N–H and O–H groups in total. The highest BCUT2D eigenvalue weighted by Gasteiger charge is 2.09. The Balaban J connectivity index is 2.09. The van der Waals surface area contributed by atoms with Crippen molar-refractivity contribution in [1.82, 2.24) is 10.3 Å². The molecule has 0 atom stereocenters.